The van der Waals surface area contributed by atoms with E-state index in [0.717, 1.165) is 5.82 Å². The second-order valence-corrected chi connectivity index (χ2v) is 5.32. The normalized spacial score (nSPS) is 12.8. The van der Waals surface area contributed by atoms with Crippen LogP contribution in [-0.4, -0.2) is 21.3 Å². The lowest BCUT2D eigenvalue weighted by Crippen LogP contribution is -2.22. The van der Waals surface area contributed by atoms with Gasteiger partial charge in [0.1, 0.15) is 18.0 Å². The van der Waals surface area contributed by atoms with Crippen LogP contribution in [-0.2, 0) is 12.8 Å². The molecule has 0 bridgehead atoms. The Hall–Kier alpha value is -1.75. The lowest BCUT2D eigenvalue weighted by atomic mass is 9.95. The average Bonchev–Trinajstić information content (AvgIpc) is 2.88. The van der Waals surface area contributed by atoms with Crippen molar-refractivity contribution in [1.82, 2.24) is 14.8 Å². The summed E-state index contributed by atoms with van der Waals surface area (Å²) in [7, 11) is 0. The third-order valence-corrected chi connectivity index (χ3v) is 3.41. The van der Waals surface area contributed by atoms with Crippen molar-refractivity contribution in [1.29, 1.82) is 0 Å². The van der Waals surface area contributed by atoms with Gasteiger partial charge in [0.25, 0.3) is 0 Å². The van der Waals surface area contributed by atoms with Crippen LogP contribution in [0.25, 0.3) is 0 Å². The van der Waals surface area contributed by atoms with Gasteiger partial charge in [0.2, 0.25) is 0 Å². The predicted molar refractivity (Wildman–Crippen MR) is 76.8 cm³/mol. The Balaban J connectivity index is 2.10. The van der Waals surface area contributed by atoms with Crippen LogP contribution in [0.4, 0.5) is 4.39 Å². The Kier molecular flexibility index (Phi) is 4.84. The molecule has 0 aliphatic carbocycles. The first-order valence-electron chi connectivity index (χ1n) is 6.93. The summed E-state index contributed by atoms with van der Waals surface area (Å²) in [4.78, 5) is 4.29. The Morgan fingerprint density at radius 1 is 1.25 bits per heavy atom. The minimum Gasteiger partial charge on any atom is -0.330 e. The summed E-state index contributed by atoms with van der Waals surface area (Å²) in [6.45, 7) is 4.62. The van der Waals surface area contributed by atoms with Crippen molar-refractivity contribution in [2.75, 3.05) is 6.54 Å². The molecule has 1 unspecified atom stereocenters. The standard InChI is InChI=1S/C15H21FN4/c1-11(2)20-15(18-10-19-20)8-12(9-17)7-13-5-3-4-6-14(13)16/h3-6,10-12H,7-9,17H2,1-2H3. The molecule has 0 aliphatic heterocycles. The van der Waals surface area contributed by atoms with E-state index < -0.39 is 0 Å². The maximum atomic E-state index is 13.7. The van der Waals surface area contributed by atoms with E-state index in [1.165, 1.54) is 6.07 Å². The smallest absolute Gasteiger partial charge is 0.138 e. The lowest BCUT2D eigenvalue weighted by Gasteiger charge is -2.16. The molecule has 0 saturated heterocycles. The van der Waals surface area contributed by atoms with E-state index in [2.05, 4.69) is 23.9 Å². The molecule has 1 heterocycles. The van der Waals surface area contributed by atoms with Crippen molar-refractivity contribution >= 4 is 0 Å². The molecule has 4 nitrogen and oxygen atoms in total. The number of hydrogen-bond acceptors (Lipinski definition) is 3. The number of aromatic nitrogens is 3. The number of nitrogens with zero attached hydrogens (tertiary/aromatic N) is 3. The maximum Gasteiger partial charge on any atom is 0.138 e. The Labute approximate surface area is 118 Å². The van der Waals surface area contributed by atoms with Crippen LogP contribution in [0.2, 0.25) is 0 Å². The van der Waals surface area contributed by atoms with Gasteiger partial charge in [0.15, 0.2) is 0 Å². The summed E-state index contributed by atoms with van der Waals surface area (Å²) in [6, 6.07) is 7.11. The third kappa shape index (κ3) is 3.42. The summed E-state index contributed by atoms with van der Waals surface area (Å²) in [5.74, 6) is 0.900. The molecule has 20 heavy (non-hydrogen) atoms. The summed E-state index contributed by atoms with van der Waals surface area (Å²) >= 11 is 0. The van der Waals surface area contributed by atoms with Gasteiger partial charge in [-0.1, -0.05) is 18.2 Å². The highest BCUT2D eigenvalue weighted by molar-refractivity contribution is 5.18. The van der Waals surface area contributed by atoms with E-state index in [-0.39, 0.29) is 17.8 Å². The molecule has 2 N–H and O–H groups in total. The van der Waals surface area contributed by atoms with Crippen LogP contribution in [0, 0.1) is 11.7 Å². The quantitative estimate of drug-likeness (QED) is 0.881. The van der Waals surface area contributed by atoms with Crippen LogP contribution in [0.15, 0.2) is 30.6 Å². The molecule has 0 spiro atoms. The van der Waals surface area contributed by atoms with Crippen molar-refractivity contribution in [2.45, 2.75) is 32.7 Å². The van der Waals surface area contributed by atoms with Gasteiger partial charge in [-0.15, -0.1) is 0 Å². The highest BCUT2D eigenvalue weighted by Gasteiger charge is 2.16. The Bertz CT molecular complexity index is 550. The molecule has 0 fully saturated rings. The number of hydrogen-bond donors (Lipinski definition) is 1. The summed E-state index contributed by atoms with van der Waals surface area (Å²) in [5, 5.41) is 4.22. The van der Waals surface area contributed by atoms with Crippen molar-refractivity contribution in [3.05, 3.63) is 47.8 Å². The first-order chi connectivity index (χ1) is 9.61. The summed E-state index contributed by atoms with van der Waals surface area (Å²) < 4.78 is 15.6. The number of benzene rings is 1. The van der Waals surface area contributed by atoms with E-state index in [9.17, 15) is 4.39 Å². The van der Waals surface area contributed by atoms with Crippen LogP contribution >= 0.6 is 0 Å². The van der Waals surface area contributed by atoms with E-state index in [0.29, 0.717) is 24.9 Å². The van der Waals surface area contributed by atoms with Gasteiger partial charge in [-0.25, -0.2) is 14.1 Å². The van der Waals surface area contributed by atoms with Gasteiger partial charge in [-0.05, 0) is 44.4 Å². The van der Waals surface area contributed by atoms with E-state index in [1.807, 2.05) is 16.8 Å². The highest BCUT2D eigenvalue weighted by atomic mass is 19.1. The molecule has 0 amide bonds. The lowest BCUT2D eigenvalue weighted by molar-refractivity contribution is 0.451. The molecule has 1 atom stereocenters. The first kappa shape index (κ1) is 14.7. The highest BCUT2D eigenvalue weighted by Crippen LogP contribution is 2.16. The second kappa shape index (κ2) is 6.61. The van der Waals surface area contributed by atoms with Crippen molar-refractivity contribution in [2.24, 2.45) is 11.7 Å². The second-order valence-electron chi connectivity index (χ2n) is 5.32. The van der Waals surface area contributed by atoms with Gasteiger partial charge in [-0.2, -0.15) is 5.10 Å². The molecule has 1 aromatic heterocycles. The fourth-order valence-electron chi connectivity index (χ4n) is 2.32. The molecular weight excluding hydrogens is 255 g/mol. The first-order valence-corrected chi connectivity index (χ1v) is 6.93. The molecule has 2 rings (SSSR count). The van der Waals surface area contributed by atoms with E-state index >= 15 is 0 Å². The minimum atomic E-state index is -0.170. The molecule has 108 valence electrons. The SMILES string of the molecule is CC(C)n1ncnc1CC(CN)Cc1ccccc1F. The van der Waals surface area contributed by atoms with Crippen LogP contribution in [0.3, 0.4) is 0 Å². The number of nitrogens with two attached hydrogens (primary N) is 1. The maximum absolute atomic E-state index is 13.7. The van der Waals surface area contributed by atoms with Crippen molar-refractivity contribution in [3.63, 3.8) is 0 Å². The van der Waals surface area contributed by atoms with Gasteiger partial charge >= 0.3 is 0 Å². The Morgan fingerprint density at radius 2 is 2.00 bits per heavy atom. The minimum absolute atomic E-state index is 0.161. The Morgan fingerprint density at radius 3 is 2.65 bits per heavy atom. The number of rotatable bonds is 6. The fourth-order valence-corrected chi connectivity index (χ4v) is 2.32. The largest absolute Gasteiger partial charge is 0.330 e. The van der Waals surface area contributed by atoms with Crippen molar-refractivity contribution < 1.29 is 4.39 Å². The molecule has 1 aromatic carbocycles. The zero-order valence-electron chi connectivity index (χ0n) is 12.0. The van der Waals surface area contributed by atoms with Crippen LogP contribution in [0.5, 0.6) is 0 Å². The zero-order chi connectivity index (χ0) is 14.5. The summed E-state index contributed by atoms with van der Waals surface area (Å²) in [6.07, 6.45) is 2.89. The summed E-state index contributed by atoms with van der Waals surface area (Å²) in [5.41, 5.74) is 6.54. The third-order valence-electron chi connectivity index (χ3n) is 3.41. The zero-order valence-corrected chi connectivity index (χ0v) is 12.0. The predicted octanol–water partition coefficient (Wildman–Crippen LogP) is 2.36. The molecule has 0 aliphatic rings. The molecule has 0 saturated carbocycles. The van der Waals surface area contributed by atoms with Crippen molar-refractivity contribution in [3.8, 4) is 0 Å². The topological polar surface area (TPSA) is 56.7 Å². The average molecular weight is 276 g/mol. The molecule has 5 heteroatoms. The molecule has 0 radical (unpaired) electrons. The van der Waals surface area contributed by atoms with Crippen LogP contribution < -0.4 is 5.73 Å². The van der Waals surface area contributed by atoms with Crippen LogP contribution in [0.1, 0.15) is 31.3 Å². The molecule has 2 aromatic rings. The monoisotopic (exact) mass is 276 g/mol. The number of halogens is 1. The van der Waals surface area contributed by atoms with Gasteiger partial charge in [-0.3, -0.25) is 0 Å². The van der Waals surface area contributed by atoms with Gasteiger partial charge < -0.3 is 5.73 Å². The van der Waals surface area contributed by atoms with Gasteiger partial charge in [0, 0.05) is 12.5 Å². The van der Waals surface area contributed by atoms with Gasteiger partial charge in [0.05, 0.1) is 0 Å². The fraction of sp³-hybridized carbons (Fsp3) is 0.467. The van der Waals surface area contributed by atoms with E-state index in [1.54, 1.807) is 12.4 Å². The van der Waals surface area contributed by atoms with E-state index in [4.69, 9.17) is 5.73 Å². The molecular formula is C15H21FN4.